The quantitative estimate of drug-likeness (QED) is 0.837. The Balaban J connectivity index is 2.99. The Morgan fingerprint density at radius 2 is 1.81 bits per heavy atom. The molecule has 1 atom stereocenters. The van der Waals surface area contributed by atoms with Crippen molar-refractivity contribution in [3.63, 3.8) is 0 Å². The van der Waals surface area contributed by atoms with Crippen LogP contribution >= 0.6 is 0 Å². The lowest BCUT2D eigenvalue weighted by molar-refractivity contribution is -0.139. The van der Waals surface area contributed by atoms with Gasteiger partial charge in [0, 0.05) is 12.6 Å². The van der Waals surface area contributed by atoms with Crippen LogP contribution in [-0.2, 0) is 16.0 Å². The number of aliphatic hydroxyl groups excluding tert-OH is 1. The molecule has 0 spiro atoms. The van der Waals surface area contributed by atoms with Gasteiger partial charge in [-0.2, -0.15) is 13.2 Å². The van der Waals surface area contributed by atoms with Crippen LogP contribution in [0.25, 0.3) is 0 Å². The molecule has 0 amide bonds. The number of rotatable bonds is 6. The van der Waals surface area contributed by atoms with Crippen LogP contribution in [0.3, 0.4) is 0 Å². The smallest absolute Gasteiger partial charge is 0.391 e. The Bertz CT molecular complexity index is 570. The van der Waals surface area contributed by atoms with E-state index in [4.69, 9.17) is 0 Å². The summed E-state index contributed by atoms with van der Waals surface area (Å²) >= 11 is 0. The number of aliphatic hydroxyl groups is 1. The maximum absolute atomic E-state index is 12.8. The summed E-state index contributed by atoms with van der Waals surface area (Å²) in [5, 5.41) is 12.5. The molecule has 4 nitrogen and oxygen atoms in total. The van der Waals surface area contributed by atoms with Gasteiger partial charge < -0.3 is 10.4 Å². The molecule has 0 fully saturated rings. The fourth-order valence-electron chi connectivity index (χ4n) is 1.75. The lowest BCUT2D eigenvalue weighted by atomic mass is 10.2. The van der Waals surface area contributed by atoms with E-state index in [1.165, 1.54) is 6.07 Å². The second-order valence-corrected chi connectivity index (χ2v) is 6.99. The Kier molecular flexibility index (Phi) is 5.77. The number of hydrogen-bond acceptors (Lipinski definition) is 4. The van der Waals surface area contributed by atoms with Gasteiger partial charge in [0.25, 0.3) is 0 Å². The fourth-order valence-corrected chi connectivity index (χ4v) is 3.35. The van der Waals surface area contributed by atoms with Gasteiger partial charge in [-0.3, -0.25) is 0 Å². The van der Waals surface area contributed by atoms with Crippen molar-refractivity contribution >= 4 is 9.84 Å². The zero-order valence-electron chi connectivity index (χ0n) is 11.7. The number of nitrogens with one attached hydrogen (secondary N) is 1. The van der Waals surface area contributed by atoms with E-state index in [0.29, 0.717) is 6.07 Å². The SMILES string of the molecule is CC(C)NCC(O)CS(=O)(=O)c1ccccc1C(F)(F)F. The van der Waals surface area contributed by atoms with Crippen molar-refractivity contribution in [3.05, 3.63) is 29.8 Å². The number of halogens is 3. The van der Waals surface area contributed by atoms with Crippen molar-refractivity contribution < 1.29 is 26.7 Å². The van der Waals surface area contributed by atoms with Crippen LogP contribution in [0.4, 0.5) is 13.2 Å². The molecular weight excluding hydrogens is 307 g/mol. The Morgan fingerprint density at radius 1 is 1.24 bits per heavy atom. The third kappa shape index (κ3) is 5.29. The molecule has 0 aliphatic heterocycles. The normalized spacial score (nSPS) is 14.4. The van der Waals surface area contributed by atoms with Gasteiger partial charge in [-0.25, -0.2) is 8.42 Å². The van der Waals surface area contributed by atoms with Gasteiger partial charge >= 0.3 is 6.18 Å². The summed E-state index contributed by atoms with van der Waals surface area (Å²) in [6.45, 7) is 3.60. The van der Waals surface area contributed by atoms with Crippen LogP contribution < -0.4 is 5.32 Å². The zero-order valence-corrected chi connectivity index (χ0v) is 12.5. The summed E-state index contributed by atoms with van der Waals surface area (Å²) < 4.78 is 62.6. The maximum atomic E-state index is 12.8. The van der Waals surface area contributed by atoms with Crippen molar-refractivity contribution in [2.75, 3.05) is 12.3 Å². The molecular formula is C13H18F3NO3S. The first kappa shape index (κ1) is 17.9. The van der Waals surface area contributed by atoms with Gasteiger partial charge in [0.2, 0.25) is 0 Å². The standard InChI is InChI=1S/C13H18F3NO3S/c1-9(2)17-7-10(18)8-21(19,20)12-6-4-3-5-11(12)13(14,15)16/h3-6,9-10,17-18H,7-8H2,1-2H3. The topological polar surface area (TPSA) is 66.4 Å². The molecule has 0 aliphatic rings. The van der Waals surface area contributed by atoms with Crippen LogP contribution in [0.5, 0.6) is 0 Å². The summed E-state index contributed by atoms with van der Waals surface area (Å²) in [6.07, 6.45) is -6.04. The molecule has 0 saturated carbocycles. The number of benzene rings is 1. The van der Waals surface area contributed by atoms with Crippen LogP contribution in [0.1, 0.15) is 19.4 Å². The summed E-state index contributed by atoms with van der Waals surface area (Å²) in [5.74, 6) is -0.764. The van der Waals surface area contributed by atoms with Gasteiger partial charge in [-0.1, -0.05) is 26.0 Å². The molecule has 0 saturated heterocycles. The summed E-state index contributed by atoms with van der Waals surface area (Å²) in [6, 6.07) is 4.00. The van der Waals surface area contributed by atoms with Crippen molar-refractivity contribution in [1.29, 1.82) is 0 Å². The molecule has 1 aromatic rings. The minimum Gasteiger partial charge on any atom is -0.391 e. The van der Waals surface area contributed by atoms with E-state index >= 15 is 0 Å². The van der Waals surface area contributed by atoms with Crippen LogP contribution in [0.2, 0.25) is 0 Å². The third-order valence-corrected chi connectivity index (χ3v) is 4.55. The molecule has 0 aliphatic carbocycles. The van der Waals surface area contributed by atoms with Gasteiger partial charge in [-0.15, -0.1) is 0 Å². The number of hydrogen-bond donors (Lipinski definition) is 2. The first-order chi connectivity index (χ1) is 9.54. The third-order valence-electron chi connectivity index (χ3n) is 2.70. The van der Waals surface area contributed by atoms with Gasteiger partial charge in [0.05, 0.1) is 22.3 Å². The highest BCUT2D eigenvalue weighted by Gasteiger charge is 2.37. The minimum absolute atomic E-state index is 0.00885. The molecule has 2 N–H and O–H groups in total. The molecule has 21 heavy (non-hydrogen) atoms. The Morgan fingerprint density at radius 3 is 2.33 bits per heavy atom. The van der Waals surface area contributed by atoms with E-state index < -0.39 is 38.3 Å². The highest BCUT2D eigenvalue weighted by molar-refractivity contribution is 7.91. The Hall–Kier alpha value is -1.12. The molecule has 8 heteroatoms. The van der Waals surface area contributed by atoms with Gasteiger partial charge in [0.1, 0.15) is 0 Å². The average molecular weight is 325 g/mol. The molecule has 0 heterocycles. The van der Waals surface area contributed by atoms with E-state index in [9.17, 15) is 26.7 Å². The predicted octanol–water partition coefficient (Wildman–Crippen LogP) is 1.84. The van der Waals surface area contributed by atoms with Crippen molar-refractivity contribution in [2.24, 2.45) is 0 Å². The minimum atomic E-state index is -4.76. The molecule has 1 aromatic carbocycles. The summed E-state index contributed by atoms with van der Waals surface area (Å²) in [4.78, 5) is -0.805. The molecule has 120 valence electrons. The largest absolute Gasteiger partial charge is 0.417 e. The van der Waals surface area contributed by atoms with Gasteiger partial charge in [-0.05, 0) is 12.1 Å². The fraction of sp³-hybridized carbons (Fsp3) is 0.538. The first-order valence-electron chi connectivity index (χ1n) is 6.34. The van der Waals surface area contributed by atoms with E-state index in [0.717, 1.165) is 12.1 Å². The highest BCUT2D eigenvalue weighted by atomic mass is 32.2. The summed E-state index contributed by atoms with van der Waals surface area (Å²) in [7, 11) is -4.23. The Labute approximate surface area is 121 Å². The lowest BCUT2D eigenvalue weighted by Gasteiger charge is -2.16. The van der Waals surface area contributed by atoms with E-state index in [1.807, 2.05) is 0 Å². The van der Waals surface area contributed by atoms with Crippen molar-refractivity contribution in [2.45, 2.75) is 37.1 Å². The molecule has 0 radical (unpaired) electrons. The highest BCUT2D eigenvalue weighted by Crippen LogP contribution is 2.34. The molecule has 0 bridgehead atoms. The monoisotopic (exact) mass is 325 g/mol. The maximum Gasteiger partial charge on any atom is 0.417 e. The van der Waals surface area contributed by atoms with Crippen molar-refractivity contribution in [3.8, 4) is 0 Å². The van der Waals surface area contributed by atoms with Crippen LogP contribution in [-0.4, -0.2) is 38.0 Å². The predicted molar refractivity (Wildman–Crippen MR) is 72.6 cm³/mol. The summed E-state index contributed by atoms with van der Waals surface area (Å²) in [5.41, 5.74) is -1.21. The zero-order chi connectivity index (χ0) is 16.3. The van der Waals surface area contributed by atoms with E-state index in [-0.39, 0.29) is 12.6 Å². The van der Waals surface area contributed by atoms with Crippen LogP contribution in [0.15, 0.2) is 29.2 Å². The average Bonchev–Trinajstić information content (AvgIpc) is 2.35. The molecule has 1 rings (SSSR count). The molecule has 1 unspecified atom stereocenters. The second kappa shape index (κ2) is 6.76. The first-order valence-corrected chi connectivity index (χ1v) is 7.99. The second-order valence-electron chi connectivity index (χ2n) is 4.99. The lowest BCUT2D eigenvalue weighted by Crippen LogP contribution is -2.36. The van der Waals surface area contributed by atoms with E-state index in [1.54, 1.807) is 13.8 Å². The molecule has 0 aromatic heterocycles. The van der Waals surface area contributed by atoms with E-state index in [2.05, 4.69) is 5.32 Å². The van der Waals surface area contributed by atoms with Crippen LogP contribution in [0, 0.1) is 0 Å². The number of sulfone groups is 1. The van der Waals surface area contributed by atoms with Gasteiger partial charge in [0.15, 0.2) is 9.84 Å². The number of alkyl halides is 3. The van der Waals surface area contributed by atoms with Crippen molar-refractivity contribution in [1.82, 2.24) is 5.32 Å².